The molecule has 1 fully saturated rings. The predicted octanol–water partition coefficient (Wildman–Crippen LogP) is 2.22. The molecular formula is C12H21NO3. The summed E-state index contributed by atoms with van der Waals surface area (Å²) >= 11 is 0. The van der Waals surface area contributed by atoms with Crippen LogP contribution in [0.1, 0.15) is 40.5 Å². The first-order chi connectivity index (χ1) is 7.26. The maximum Gasteiger partial charge on any atom is 0.410 e. The summed E-state index contributed by atoms with van der Waals surface area (Å²) in [5.74, 6) is 0. The van der Waals surface area contributed by atoms with Crippen molar-refractivity contribution in [2.75, 3.05) is 13.1 Å². The van der Waals surface area contributed by atoms with E-state index in [9.17, 15) is 9.59 Å². The molecule has 0 bridgehead atoms. The van der Waals surface area contributed by atoms with Crippen LogP contribution in [0.4, 0.5) is 4.79 Å². The van der Waals surface area contributed by atoms with Gasteiger partial charge in [-0.05, 0) is 33.6 Å². The van der Waals surface area contributed by atoms with Gasteiger partial charge in [0.2, 0.25) is 0 Å². The number of hydrogen-bond donors (Lipinski definition) is 0. The second-order valence-electron chi connectivity index (χ2n) is 5.78. The fraction of sp³-hybridized carbons (Fsp3) is 0.833. The quantitative estimate of drug-likeness (QED) is 0.645. The van der Waals surface area contributed by atoms with E-state index in [0.29, 0.717) is 13.1 Å². The molecule has 1 rings (SSSR count). The molecule has 0 aliphatic carbocycles. The standard InChI is InChI=1S/C12H21NO3/c1-11(2,3)16-10(15)13-7-5-6-12(4,8-13)9-14/h9H,5-8H2,1-4H3/t12-/m1/s1. The molecular weight excluding hydrogens is 206 g/mol. The van der Waals surface area contributed by atoms with Crippen molar-refractivity contribution in [3.8, 4) is 0 Å². The van der Waals surface area contributed by atoms with Crippen molar-refractivity contribution in [1.29, 1.82) is 0 Å². The molecule has 0 spiro atoms. The van der Waals surface area contributed by atoms with Crippen LogP contribution in [-0.2, 0) is 9.53 Å². The first kappa shape index (κ1) is 13.0. The lowest BCUT2D eigenvalue weighted by molar-refractivity contribution is -0.117. The van der Waals surface area contributed by atoms with Gasteiger partial charge in [0.05, 0.1) is 0 Å². The zero-order chi connectivity index (χ0) is 12.4. The minimum Gasteiger partial charge on any atom is -0.444 e. The topological polar surface area (TPSA) is 46.6 Å². The first-order valence-corrected chi connectivity index (χ1v) is 5.70. The minimum absolute atomic E-state index is 0.319. The molecule has 1 atom stereocenters. The number of nitrogens with zero attached hydrogens (tertiary/aromatic N) is 1. The summed E-state index contributed by atoms with van der Waals surface area (Å²) in [6.45, 7) is 8.55. The van der Waals surface area contributed by atoms with E-state index in [2.05, 4.69) is 0 Å². The van der Waals surface area contributed by atoms with Gasteiger partial charge in [0, 0.05) is 18.5 Å². The monoisotopic (exact) mass is 227 g/mol. The summed E-state index contributed by atoms with van der Waals surface area (Å²) in [5.41, 5.74) is -0.888. The Balaban J connectivity index is 2.61. The highest BCUT2D eigenvalue weighted by Gasteiger charge is 2.34. The van der Waals surface area contributed by atoms with Gasteiger partial charge in [-0.25, -0.2) is 4.79 Å². The van der Waals surface area contributed by atoms with Gasteiger partial charge < -0.3 is 14.4 Å². The molecule has 92 valence electrons. The molecule has 0 N–H and O–H groups in total. The number of aldehydes is 1. The Hall–Kier alpha value is -1.06. The Morgan fingerprint density at radius 3 is 2.56 bits per heavy atom. The SMILES string of the molecule is CC(C)(C)OC(=O)N1CCC[C@@](C)(C=O)C1. The Bertz CT molecular complexity index is 282. The van der Waals surface area contributed by atoms with Crippen molar-refractivity contribution < 1.29 is 14.3 Å². The second-order valence-corrected chi connectivity index (χ2v) is 5.78. The maximum atomic E-state index is 11.8. The van der Waals surface area contributed by atoms with Crippen molar-refractivity contribution in [3.63, 3.8) is 0 Å². The number of hydrogen-bond acceptors (Lipinski definition) is 3. The van der Waals surface area contributed by atoms with Crippen LogP contribution in [0.2, 0.25) is 0 Å². The van der Waals surface area contributed by atoms with Gasteiger partial charge >= 0.3 is 6.09 Å². The van der Waals surface area contributed by atoms with Crippen LogP contribution in [0.3, 0.4) is 0 Å². The fourth-order valence-electron chi connectivity index (χ4n) is 1.85. The third-order valence-corrected chi connectivity index (χ3v) is 2.66. The average Bonchev–Trinajstić information content (AvgIpc) is 2.15. The Labute approximate surface area is 96.9 Å². The zero-order valence-electron chi connectivity index (χ0n) is 10.6. The smallest absolute Gasteiger partial charge is 0.410 e. The lowest BCUT2D eigenvalue weighted by atomic mass is 9.84. The van der Waals surface area contributed by atoms with Crippen LogP contribution in [-0.4, -0.2) is 36.0 Å². The summed E-state index contributed by atoms with van der Waals surface area (Å²) in [6.07, 6.45) is 2.33. The Kier molecular flexibility index (Phi) is 3.61. The molecule has 1 aliphatic rings. The lowest BCUT2D eigenvalue weighted by Gasteiger charge is -2.37. The van der Waals surface area contributed by atoms with Gasteiger partial charge in [-0.15, -0.1) is 0 Å². The number of rotatable bonds is 1. The van der Waals surface area contributed by atoms with Crippen molar-refractivity contribution in [2.24, 2.45) is 5.41 Å². The van der Waals surface area contributed by atoms with Crippen molar-refractivity contribution in [1.82, 2.24) is 4.90 Å². The van der Waals surface area contributed by atoms with Gasteiger partial charge in [0.25, 0.3) is 0 Å². The molecule has 1 heterocycles. The number of ether oxygens (including phenoxy) is 1. The highest BCUT2D eigenvalue weighted by Crippen LogP contribution is 2.27. The molecule has 4 heteroatoms. The molecule has 0 unspecified atom stereocenters. The number of likely N-dealkylation sites (tertiary alicyclic amines) is 1. The van der Waals surface area contributed by atoms with Gasteiger partial charge in [-0.3, -0.25) is 0 Å². The van der Waals surface area contributed by atoms with E-state index in [1.807, 2.05) is 27.7 Å². The Morgan fingerprint density at radius 1 is 1.44 bits per heavy atom. The van der Waals surface area contributed by atoms with E-state index >= 15 is 0 Å². The normalized spacial score (nSPS) is 26.4. The van der Waals surface area contributed by atoms with Crippen molar-refractivity contribution >= 4 is 12.4 Å². The fourth-order valence-corrected chi connectivity index (χ4v) is 1.85. The van der Waals surface area contributed by atoms with Gasteiger partial charge in [-0.1, -0.05) is 6.92 Å². The summed E-state index contributed by atoms with van der Waals surface area (Å²) < 4.78 is 5.29. The van der Waals surface area contributed by atoms with Crippen LogP contribution >= 0.6 is 0 Å². The van der Waals surface area contributed by atoms with E-state index < -0.39 is 11.0 Å². The second kappa shape index (κ2) is 4.44. The molecule has 4 nitrogen and oxygen atoms in total. The minimum atomic E-state index is -0.480. The maximum absolute atomic E-state index is 11.8. The van der Waals surface area contributed by atoms with Crippen LogP contribution in [0.25, 0.3) is 0 Å². The van der Waals surface area contributed by atoms with Gasteiger partial charge in [0.1, 0.15) is 11.9 Å². The summed E-state index contributed by atoms with van der Waals surface area (Å²) in [6, 6.07) is 0. The lowest BCUT2D eigenvalue weighted by Crippen LogP contribution is -2.47. The number of amides is 1. The number of piperidine rings is 1. The van der Waals surface area contributed by atoms with Gasteiger partial charge in [0.15, 0.2) is 0 Å². The van der Waals surface area contributed by atoms with Crippen LogP contribution < -0.4 is 0 Å². The van der Waals surface area contributed by atoms with E-state index in [-0.39, 0.29) is 6.09 Å². The van der Waals surface area contributed by atoms with Crippen LogP contribution in [0, 0.1) is 5.41 Å². The summed E-state index contributed by atoms with van der Waals surface area (Å²) in [4.78, 5) is 24.4. The van der Waals surface area contributed by atoms with E-state index in [4.69, 9.17) is 4.74 Å². The molecule has 0 saturated carbocycles. The summed E-state index contributed by atoms with van der Waals surface area (Å²) in [5, 5.41) is 0. The number of carbonyl (C=O) groups excluding carboxylic acids is 2. The molecule has 0 aromatic heterocycles. The largest absolute Gasteiger partial charge is 0.444 e. The third-order valence-electron chi connectivity index (χ3n) is 2.66. The van der Waals surface area contributed by atoms with E-state index in [0.717, 1.165) is 19.1 Å². The third kappa shape index (κ3) is 3.51. The van der Waals surface area contributed by atoms with Crippen LogP contribution in [0.15, 0.2) is 0 Å². The molecule has 1 saturated heterocycles. The molecule has 1 amide bonds. The van der Waals surface area contributed by atoms with Crippen molar-refractivity contribution in [2.45, 2.75) is 46.1 Å². The molecule has 0 aromatic carbocycles. The van der Waals surface area contributed by atoms with E-state index in [1.54, 1.807) is 4.90 Å². The average molecular weight is 227 g/mol. The number of carbonyl (C=O) groups is 2. The van der Waals surface area contributed by atoms with Crippen LogP contribution in [0.5, 0.6) is 0 Å². The Morgan fingerprint density at radius 2 is 2.06 bits per heavy atom. The van der Waals surface area contributed by atoms with E-state index in [1.165, 1.54) is 0 Å². The highest BCUT2D eigenvalue weighted by atomic mass is 16.6. The highest BCUT2D eigenvalue weighted by molar-refractivity contribution is 5.70. The molecule has 1 aliphatic heterocycles. The molecule has 0 aromatic rings. The molecule has 0 radical (unpaired) electrons. The predicted molar refractivity (Wildman–Crippen MR) is 61.2 cm³/mol. The summed E-state index contributed by atoms with van der Waals surface area (Å²) in [7, 11) is 0. The van der Waals surface area contributed by atoms with Crippen molar-refractivity contribution in [3.05, 3.63) is 0 Å². The zero-order valence-corrected chi connectivity index (χ0v) is 10.6. The molecule has 16 heavy (non-hydrogen) atoms. The van der Waals surface area contributed by atoms with Gasteiger partial charge in [-0.2, -0.15) is 0 Å². The first-order valence-electron chi connectivity index (χ1n) is 5.70.